The van der Waals surface area contributed by atoms with Gasteiger partial charge in [0.25, 0.3) is 0 Å². The van der Waals surface area contributed by atoms with Gasteiger partial charge in [0.15, 0.2) is 0 Å². The van der Waals surface area contributed by atoms with E-state index in [9.17, 15) is 5.11 Å². The molecule has 1 heterocycles. The first-order valence-corrected chi connectivity index (χ1v) is 7.07. The summed E-state index contributed by atoms with van der Waals surface area (Å²) >= 11 is 0. The van der Waals surface area contributed by atoms with E-state index in [2.05, 4.69) is 12.1 Å². The second-order valence-electron chi connectivity index (χ2n) is 5.09. The summed E-state index contributed by atoms with van der Waals surface area (Å²) in [6.45, 7) is 0. The van der Waals surface area contributed by atoms with Gasteiger partial charge in [0.1, 0.15) is 17.1 Å². The van der Waals surface area contributed by atoms with Crippen molar-refractivity contribution in [2.45, 2.75) is 25.7 Å². The normalized spacial score (nSPS) is 11.0. The Kier molecular flexibility index (Phi) is 3.73. The van der Waals surface area contributed by atoms with Crippen LogP contribution >= 0.6 is 0 Å². The zero-order valence-corrected chi connectivity index (χ0v) is 11.4. The lowest BCUT2D eigenvalue weighted by molar-refractivity contribution is 0.466. The lowest BCUT2D eigenvalue weighted by atomic mass is 10.1. The standard InChI is InChI=1S/C18H18O2/c19-17-11-5-2-8-14(17)7-1-4-10-16-13-15-9-3-6-12-18(15)20-16/h2-3,5-6,8-9,11-13,19H,1,4,7,10H2. The highest BCUT2D eigenvalue weighted by atomic mass is 16.3. The number of aryl methyl sites for hydroxylation is 2. The van der Waals surface area contributed by atoms with Crippen molar-refractivity contribution < 1.29 is 9.52 Å². The molecule has 2 nitrogen and oxygen atoms in total. The number of hydrogen-bond acceptors (Lipinski definition) is 2. The number of fused-ring (bicyclic) bond motifs is 1. The van der Waals surface area contributed by atoms with E-state index in [1.54, 1.807) is 6.07 Å². The molecule has 0 saturated heterocycles. The Morgan fingerprint density at radius 3 is 2.45 bits per heavy atom. The molecule has 0 saturated carbocycles. The molecule has 0 fully saturated rings. The Morgan fingerprint density at radius 1 is 0.850 bits per heavy atom. The summed E-state index contributed by atoms with van der Waals surface area (Å²) < 4.78 is 5.79. The van der Waals surface area contributed by atoms with Crippen LogP contribution in [0.1, 0.15) is 24.2 Å². The molecule has 3 aromatic rings. The molecule has 0 amide bonds. The summed E-state index contributed by atoms with van der Waals surface area (Å²) in [5.74, 6) is 1.44. The van der Waals surface area contributed by atoms with Crippen molar-refractivity contribution >= 4 is 11.0 Å². The predicted octanol–water partition coefficient (Wildman–Crippen LogP) is 4.70. The Balaban J connectivity index is 1.54. The van der Waals surface area contributed by atoms with Crippen molar-refractivity contribution in [1.29, 1.82) is 0 Å². The van der Waals surface area contributed by atoms with Crippen LogP contribution in [0.4, 0.5) is 0 Å². The van der Waals surface area contributed by atoms with Crippen LogP contribution in [0, 0.1) is 0 Å². The molecule has 0 aliphatic rings. The third kappa shape index (κ3) is 2.85. The highest BCUT2D eigenvalue weighted by Gasteiger charge is 2.04. The Morgan fingerprint density at radius 2 is 1.60 bits per heavy atom. The van der Waals surface area contributed by atoms with Gasteiger partial charge in [-0.1, -0.05) is 36.4 Å². The van der Waals surface area contributed by atoms with E-state index in [0.29, 0.717) is 5.75 Å². The summed E-state index contributed by atoms with van der Waals surface area (Å²) in [6, 6.07) is 17.8. The van der Waals surface area contributed by atoms with Crippen molar-refractivity contribution in [2.75, 3.05) is 0 Å². The predicted molar refractivity (Wildman–Crippen MR) is 81.0 cm³/mol. The first kappa shape index (κ1) is 12.8. The van der Waals surface area contributed by atoms with Crippen LogP contribution in [0.5, 0.6) is 5.75 Å². The smallest absolute Gasteiger partial charge is 0.134 e. The van der Waals surface area contributed by atoms with E-state index in [1.165, 1.54) is 5.39 Å². The molecule has 0 aliphatic carbocycles. The second-order valence-corrected chi connectivity index (χ2v) is 5.09. The van der Waals surface area contributed by atoms with Crippen molar-refractivity contribution in [2.24, 2.45) is 0 Å². The molecule has 1 N–H and O–H groups in total. The minimum atomic E-state index is 0.399. The maximum Gasteiger partial charge on any atom is 0.134 e. The largest absolute Gasteiger partial charge is 0.508 e. The summed E-state index contributed by atoms with van der Waals surface area (Å²) in [5.41, 5.74) is 1.99. The van der Waals surface area contributed by atoms with Gasteiger partial charge >= 0.3 is 0 Å². The fraction of sp³-hybridized carbons (Fsp3) is 0.222. The van der Waals surface area contributed by atoms with Crippen molar-refractivity contribution in [3.63, 3.8) is 0 Å². The molecule has 2 heteroatoms. The Labute approximate surface area is 118 Å². The number of furan rings is 1. The van der Waals surface area contributed by atoms with Gasteiger partial charge in [0, 0.05) is 11.8 Å². The van der Waals surface area contributed by atoms with Gasteiger partial charge in [-0.3, -0.25) is 0 Å². The first-order valence-electron chi connectivity index (χ1n) is 7.07. The van der Waals surface area contributed by atoms with Gasteiger partial charge < -0.3 is 9.52 Å². The quantitative estimate of drug-likeness (QED) is 0.679. The third-order valence-electron chi connectivity index (χ3n) is 3.59. The molecule has 0 radical (unpaired) electrons. The van der Waals surface area contributed by atoms with Crippen LogP contribution in [-0.2, 0) is 12.8 Å². The first-order chi connectivity index (χ1) is 9.83. The lowest BCUT2D eigenvalue weighted by Crippen LogP contribution is -1.88. The van der Waals surface area contributed by atoms with Crippen LogP contribution in [0.3, 0.4) is 0 Å². The number of benzene rings is 2. The molecule has 0 bridgehead atoms. The van der Waals surface area contributed by atoms with Crippen molar-refractivity contribution in [3.8, 4) is 5.75 Å². The highest BCUT2D eigenvalue weighted by Crippen LogP contribution is 2.21. The molecule has 3 rings (SSSR count). The maximum absolute atomic E-state index is 9.70. The van der Waals surface area contributed by atoms with E-state index in [0.717, 1.165) is 42.6 Å². The molecular weight excluding hydrogens is 248 g/mol. The lowest BCUT2D eigenvalue weighted by Gasteiger charge is -2.03. The Hall–Kier alpha value is -2.22. The average molecular weight is 266 g/mol. The van der Waals surface area contributed by atoms with Crippen LogP contribution in [-0.4, -0.2) is 5.11 Å². The van der Waals surface area contributed by atoms with E-state index in [4.69, 9.17) is 4.42 Å². The van der Waals surface area contributed by atoms with E-state index in [1.807, 2.05) is 36.4 Å². The van der Waals surface area contributed by atoms with Crippen molar-refractivity contribution in [3.05, 3.63) is 65.9 Å². The number of hydrogen-bond donors (Lipinski definition) is 1. The van der Waals surface area contributed by atoms with E-state index < -0.39 is 0 Å². The SMILES string of the molecule is Oc1ccccc1CCCCc1cc2ccccc2o1. The summed E-state index contributed by atoms with van der Waals surface area (Å²) in [5, 5.41) is 10.9. The van der Waals surface area contributed by atoms with E-state index >= 15 is 0 Å². The molecule has 1 aromatic heterocycles. The molecule has 2 aromatic carbocycles. The number of phenolic OH excluding ortho intramolecular Hbond substituents is 1. The maximum atomic E-state index is 9.70. The zero-order chi connectivity index (χ0) is 13.8. The molecule has 0 aliphatic heterocycles. The molecule has 0 unspecified atom stereocenters. The van der Waals surface area contributed by atoms with E-state index in [-0.39, 0.29) is 0 Å². The second kappa shape index (κ2) is 5.83. The van der Waals surface area contributed by atoms with Crippen molar-refractivity contribution in [1.82, 2.24) is 0 Å². The summed E-state index contributed by atoms with van der Waals surface area (Å²) in [4.78, 5) is 0. The highest BCUT2D eigenvalue weighted by molar-refractivity contribution is 5.77. The topological polar surface area (TPSA) is 33.4 Å². The van der Waals surface area contributed by atoms with Crippen LogP contribution in [0.2, 0.25) is 0 Å². The minimum Gasteiger partial charge on any atom is -0.508 e. The third-order valence-corrected chi connectivity index (χ3v) is 3.59. The van der Waals surface area contributed by atoms with Gasteiger partial charge in [0.2, 0.25) is 0 Å². The summed E-state index contributed by atoms with van der Waals surface area (Å²) in [6.07, 6.45) is 3.97. The molecule has 0 atom stereocenters. The molecular formula is C18H18O2. The van der Waals surface area contributed by atoms with Gasteiger partial charge in [-0.05, 0) is 43.0 Å². The molecule has 20 heavy (non-hydrogen) atoms. The zero-order valence-electron chi connectivity index (χ0n) is 11.4. The van der Waals surface area contributed by atoms with Crippen LogP contribution in [0.25, 0.3) is 11.0 Å². The molecule has 102 valence electrons. The fourth-order valence-corrected chi connectivity index (χ4v) is 2.50. The number of unbranched alkanes of at least 4 members (excludes halogenated alkanes) is 1. The number of para-hydroxylation sites is 2. The number of rotatable bonds is 5. The van der Waals surface area contributed by atoms with Gasteiger partial charge in [-0.25, -0.2) is 0 Å². The monoisotopic (exact) mass is 266 g/mol. The fourth-order valence-electron chi connectivity index (χ4n) is 2.50. The Bertz CT molecular complexity index is 664. The number of phenols is 1. The summed E-state index contributed by atoms with van der Waals surface area (Å²) in [7, 11) is 0. The van der Waals surface area contributed by atoms with Gasteiger partial charge in [-0.15, -0.1) is 0 Å². The number of aromatic hydroxyl groups is 1. The van der Waals surface area contributed by atoms with Gasteiger partial charge in [-0.2, -0.15) is 0 Å². The molecule has 0 spiro atoms. The van der Waals surface area contributed by atoms with Crippen LogP contribution in [0.15, 0.2) is 59.0 Å². The minimum absolute atomic E-state index is 0.399. The average Bonchev–Trinajstić information content (AvgIpc) is 2.88. The van der Waals surface area contributed by atoms with Crippen LogP contribution < -0.4 is 0 Å². The van der Waals surface area contributed by atoms with Gasteiger partial charge in [0.05, 0.1) is 0 Å².